The largest absolute Gasteiger partial charge is 0.367 e. The first-order chi connectivity index (χ1) is 11.2. The molecule has 2 aromatic rings. The Labute approximate surface area is 148 Å². The summed E-state index contributed by atoms with van der Waals surface area (Å²) < 4.78 is 7.60. The molecule has 0 bridgehead atoms. The number of nitrogens with one attached hydrogen (secondary N) is 1. The number of ether oxygens (including phenoxy) is 1. The molecular weight excluding hydrogens is 342 g/mol. The zero-order valence-electron chi connectivity index (χ0n) is 14.9. The van der Waals surface area contributed by atoms with Crippen molar-refractivity contribution in [2.24, 2.45) is 0 Å². The van der Waals surface area contributed by atoms with Crippen LogP contribution in [0.5, 0.6) is 0 Å². The minimum atomic E-state index is -1.13. The summed E-state index contributed by atoms with van der Waals surface area (Å²) in [5, 5.41) is 13.5. The van der Waals surface area contributed by atoms with Crippen molar-refractivity contribution in [3.05, 3.63) is 17.0 Å². The number of nitrogens with zero attached hydrogens (tertiary/aromatic N) is 4. The standard InChI is InChI=1S/C16H24ClN5OSi/c1-11(2)19-14-13-12(8-18)9-22(15(13)21-16(17)20-14)10-23-6-7-24(3,4)5/h9,11H,6-7,10H2,1-5H3,(H,19,20,21). The molecule has 130 valence electrons. The van der Waals surface area contributed by atoms with Gasteiger partial charge in [0.25, 0.3) is 0 Å². The van der Waals surface area contributed by atoms with Crippen LogP contribution in [0.2, 0.25) is 31.0 Å². The summed E-state index contributed by atoms with van der Waals surface area (Å²) in [5.74, 6) is 0.581. The van der Waals surface area contributed by atoms with Crippen LogP contribution >= 0.6 is 11.6 Å². The number of aromatic nitrogens is 3. The first kappa shape index (κ1) is 18.7. The van der Waals surface area contributed by atoms with Crippen molar-refractivity contribution < 1.29 is 4.74 Å². The van der Waals surface area contributed by atoms with Crippen LogP contribution in [0.15, 0.2) is 6.20 Å². The van der Waals surface area contributed by atoms with E-state index >= 15 is 0 Å². The second-order valence-electron chi connectivity index (χ2n) is 7.31. The van der Waals surface area contributed by atoms with Crippen molar-refractivity contribution in [1.82, 2.24) is 14.5 Å². The molecule has 0 unspecified atom stereocenters. The highest BCUT2D eigenvalue weighted by Crippen LogP contribution is 2.28. The third-order valence-electron chi connectivity index (χ3n) is 3.46. The average molecular weight is 366 g/mol. The molecule has 0 atom stereocenters. The maximum atomic E-state index is 9.44. The van der Waals surface area contributed by atoms with Gasteiger partial charge in [0.15, 0.2) is 0 Å². The lowest BCUT2D eigenvalue weighted by Crippen LogP contribution is -2.22. The molecule has 6 nitrogen and oxygen atoms in total. The third kappa shape index (κ3) is 4.69. The first-order valence-electron chi connectivity index (χ1n) is 8.02. The van der Waals surface area contributed by atoms with Crippen LogP contribution in [0.25, 0.3) is 11.0 Å². The van der Waals surface area contributed by atoms with Gasteiger partial charge < -0.3 is 14.6 Å². The number of nitriles is 1. The summed E-state index contributed by atoms with van der Waals surface area (Å²) in [6.45, 7) is 12.0. The van der Waals surface area contributed by atoms with Crippen LogP contribution in [-0.4, -0.2) is 35.3 Å². The highest BCUT2D eigenvalue weighted by atomic mass is 35.5. The zero-order chi connectivity index (χ0) is 17.9. The van der Waals surface area contributed by atoms with Gasteiger partial charge in [0.05, 0.1) is 10.9 Å². The van der Waals surface area contributed by atoms with Gasteiger partial charge in [-0.25, -0.2) is 0 Å². The third-order valence-corrected chi connectivity index (χ3v) is 5.33. The average Bonchev–Trinajstić information content (AvgIpc) is 2.80. The lowest BCUT2D eigenvalue weighted by molar-refractivity contribution is 0.0898. The Bertz CT molecular complexity index is 760. The van der Waals surface area contributed by atoms with Gasteiger partial charge in [-0.05, 0) is 31.5 Å². The molecule has 0 fully saturated rings. The van der Waals surface area contributed by atoms with Gasteiger partial charge in [-0.1, -0.05) is 19.6 Å². The fourth-order valence-electron chi connectivity index (χ4n) is 2.26. The van der Waals surface area contributed by atoms with Crippen LogP contribution in [0, 0.1) is 11.3 Å². The van der Waals surface area contributed by atoms with Gasteiger partial charge >= 0.3 is 0 Å². The quantitative estimate of drug-likeness (QED) is 0.454. The van der Waals surface area contributed by atoms with Crippen LogP contribution in [0.4, 0.5) is 5.82 Å². The van der Waals surface area contributed by atoms with E-state index in [0.29, 0.717) is 35.8 Å². The highest BCUT2D eigenvalue weighted by Gasteiger charge is 2.18. The van der Waals surface area contributed by atoms with Gasteiger partial charge in [0, 0.05) is 26.9 Å². The zero-order valence-corrected chi connectivity index (χ0v) is 16.6. The highest BCUT2D eigenvalue weighted by molar-refractivity contribution is 6.76. The van der Waals surface area contributed by atoms with E-state index in [-0.39, 0.29) is 11.3 Å². The van der Waals surface area contributed by atoms with E-state index in [1.807, 2.05) is 18.4 Å². The van der Waals surface area contributed by atoms with E-state index < -0.39 is 8.07 Å². The smallest absolute Gasteiger partial charge is 0.226 e. The van der Waals surface area contributed by atoms with Gasteiger partial charge in [-0.2, -0.15) is 15.2 Å². The Balaban J connectivity index is 2.31. The van der Waals surface area contributed by atoms with E-state index in [1.54, 1.807) is 6.20 Å². The van der Waals surface area contributed by atoms with Crippen molar-refractivity contribution >= 4 is 36.5 Å². The molecular formula is C16H24ClN5OSi. The Morgan fingerprint density at radius 2 is 2.08 bits per heavy atom. The van der Waals surface area contributed by atoms with E-state index in [4.69, 9.17) is 16.3 Å². The Kier molecular flexibility index (Phi) is 5.86. The van der Waals surface area contributed by atoms with E-state index in [2.05, 4.69) is 41.0 Å². The van der Waals surface area contributed by atoms with Crippen molar-refractivity contribution in [2.75, 3.05) is 11.9 Å². The van der Waals surface area contributed by atoms with Crippen molar-refractivity contribution in [1.29, 1.82) is 5.26 Å². The Hall–Kier alpha value is -1.62. The predicted molar refractivity (Wildman–Crippen MR) is 100 cm³/mol. The first-order valence-corrected chi connectivity index (χ1v) is 12.1. The molecule has 0 aromatic carbocycles. The molecule has 1 N–H and O–H groups in total. The van der Waals surface area contributed by atoms with Gasteiger partial charge in [-0.3, -0.25) is 0 Å². The summed E-state index contributed by atoms with van der Waals surface area (Å²) in [4.78, 5) is 8.53. The lowest BCUT2D eigenvalue weighted by Gasteiger charge is -2.15. The molecule has 0 aliphatic carbocycles. The number of fused-ring (bicyclic) bond motifs is 1. The molecule has 2 heterocycles. The second kappa shape index (κ2) is 7.51. The molecule has 0 spiro atoms. The number of hydrogen-bond donors (Lipinski definition) is 1. The number of rotatable bonds is 7. The van der Waals surface area contributed by atoms with Crippen LogP contribution in [-0.2, 0) is 11.5 Å². The monoisotopic (exact) mass is 365 g/mol. The van der Waals surface area contributed by atoms with E-state index in [1.165, 1.54) is 0 Å². The van der Waals surface area contributed by atoms with Crippen molar-refractivity contribution in [2.45, 2.75) is 52.3 Å². The molecule has 2 aromatic heterocycles. The number of anilines is 1. The summed E-state index contributed by atoms with van der Waals surface area (Å²) in [6, 6.07) is 3.46. The van der Waals surface area contributed by atoms with Gasteiger partial charge in [0.1, 0.15) is 24.3 Å². The predicted octanol–water partition coefficient (Wildman–Crippen LogP) is 4.09. The molecule has 0 aliphatic rings. The second-order valence-corrected chi connectivity index (χ2v) is 13.3. The van der Waals surface area contributed by atoms with Crippen LogP contribution < -0.4 is 5.32 Å². The molecule has 0 saturated heterocycles. The molecule has 0 aliphatic heterocycles. The minimum absolute atomic E-state index is 0.150. The molecule has 8 heteroatoms. The van der Waals surface area contributed by atoms with E-state index in [9.17, 15) is 5.26 Å². The van der Waals surface area contributed by atoms with Gasteiger partial charge in [-0.15, -0.1) is 0 Å². The molecule has 0 radical (unpaired) electrons. The van der Waals surface area contributed by atoms with Crippen molar-refractivity contribution in [3.63, 3.8) is 0 Å². The van der Waals surface area contributed by atoms with Crippen molar-refractivity contribution in [3.8, 4) is 6.07 Å². The van der Waals surface area contributed by atoms with Crippen LogP contribution in [0.3, 0.4) is 0 Å². The summed E-state index contributed by atoms with van der Waals surface area (Å²) in [5.41, 5.74) is 1.13. The summed E-state index contributed by atoms with van der Waals surface area (Å²) >= 11 is 6.06. The maximum absolute atomic E-state index is 9.44. The summed E-state index contributed by atoms with van der Waals surface area (Å²) in [6.07, 6.45) is 1.75. The van der Waals surface area contributed by atoms with Gasteiger partial charge in [0.2, 0.25) is 5.28 Å². The minimum Gasteiger partial charge on any atom is -0.367 e. The maximum Gasteiger partial charge on any atom is 0.226 e. The van der Waals surface area contributed by atoms with E-state index in [0.717, 1.165) is 6.04 Å². The summed E-state index contributed by atoms with van der Waals surface area (Å²) in [7, 11) is -1.13. The fourth-order valence-corrected chi connectivity index (χ4v) is 3.18. The fraction of sp³-hybridized carbons (Fsp3) is 0.562. The Morgan fingerprint density at radius 3 is 2.67 bits per heavy atom. The topological polar surface area (TPSA) is 75.8 Å². The molecule has 0 saturated carbocycles. The molecule has 0 amide bonds. The number of halogens is 1. The normalized spacial score (nSPS) is 11.9. The Morgan fingerprint density at radius 1 is 1.38 bits per heavy atom. The van der Waals surface area contributed by atoms with Crippen LogP contribution in [0.1, 0.15) is 19.4 Å². The molecule has 24 heavy (non-hydrogen) atoms. The lowest BCUT2D eigenvalue weighted by atomic mass is 10.2. The number of hydrogen-bond acceptors (Lipinski definition) is 5. The SMILES string of the molecule is CC(C)Nc1nc(Cl)nc2c1c(C#N)cn2COCC[Si](C)(C)C. The molecule has 2 rings (SSSR count).